The minimum absolute atomic E-state index is 0.330. The number of anilines is 2. The molecule has 0 aliphatic carbocycles. The Kier molecular flexibility index (Phi) is 5.25. The van der Waals surface area contributed by atoms with Gasteiger partial charge in [-0.1, -0.05) is 6.07 Å². The minimum atomic E-state index is 0.330. The molecule has 4 rings (SSSR count). The van der Waals surface area contributed by atoms with E-state index in [2.05, 4.69) is 20.3 Å². The molecule has 0 amide bonds. The number of rotatable bonds is 5. The molecule has 0 atom stereocenters. The van der Waals surface area contributed by atoms with Crippen LogP contribution in [0.3, 0.4) is 0 Å². The smallest absolute Gasteiger partial charge is 0.241 e. The summed E-state index contributed by atoms with van der Waals surface area (Å²) >= 11 is 0. The topological polar surface area (TPSA) is 69.2 Å². The van der Waals surface area contributed by atoms with Crippen LogP contribution in [0.25, 0.3) is 0 Å². The molecule has 6 heteroatoms. The second-order valence-electron chi connectivity index (χ2n) is 6.61. The molecule has 1 fully saturated rings. The fourth-order valence-electron chi connectivity index (χ4n) is 3.07. The Balaban J connectivity index is 1.46. The number of hydrogen-bond acceptors (Lipinski definition) is 6. The lowest BCUT2D eigenvalue weighted by molar-refractivity contribution is 0.0839. The lowest BCUT2D eigenvalue weighted by Gasteiger charge is -2.22. The van der Waals surface area contributed by atoms with E-state index in [1.54, 1.807) is 12.4 Å². The number of ether oxygens (including phenoxy) is 2. The predicted molar refractivity (Wildman–Crippen MR) is 104 cm³/mol. The fraction of sp³-hybridized carbons (Fsp3) is 0.286. The maximum atomic E-state index is 6.03. The Morgan fingerprint density at radius 1 is 0.963 bits per heavy atom. The predicted octanol–water partition coefficient (Wildman–Crippen LogP) is 4.61. The highest BCUT2D eigenvalue weighted by molar-refractivity contribution is 5.57. The van der Waals surface area contributed by atoms with E-state index in [1.807, 2.05) is 49.5 Å². The maximum Gasteiger partial charge on any atom is 0.241 e. The van der Waals surface area contributed by atoms with E-state index < -0.39 is 0 Å². The zero-order chi connectivity index (χ0) is 18.5. The van der Waals surface area contributed by atoms with Crippen LogP contribution >= 0.6 is 0 Å². The second-order valence-corrected chi connectivity index (χ2v) is 6.61. The molecule has 1 aromatic carbocycles. The first-order chi connectivity index (χ1) is 13.3. The third kappa shape index (κ3) is 4.41. The molecule has 27 heavy (non-hydrogen) atoms. The van der Waals surface area contributed by atoms with Crippen LogP contribution in [-0.4, -0.2) is 28.2 Å². The number of benzene rings is 1. The Hall–Kier alpha value is -2.99. The molecule has 1 aliphatic rings. The van der Waals surface area contributed by atoms with Gasteiger partial charge in [-0.05, 0) is 55.7 Å². The van der Waals surface area contributed by atoms with E-state index >= 15 is 0 Å². The monoisotopic (exact) mass is 362 g/mol. The third-order valence-corrected chi connectivity index (χ3v) is 4.55. The molecule has 0 bridgehead atoms. The lowest BCUT2D eigenvalue weighted by atomic mass is 9.96. The van der Waals surface area contributed by atoms with Gasteiger partial charge in [0, 0.05) is 43.4 Å². The molecule has 0 unspecified atom stereocenters. The van der Waals surface area contributed by atoms with Crippen molar-refractivity contribution in [3.8, 4) is 11.6 Å². The largest absolute Gasteiger partial charge is 0.437 e. The van der Waals surface area contributed by atoms with Gasteiger partial charge >= 0.3 is 0 Å². The van der Waals surface area contributed by atoms with Crippen LogP contribution in [0.4, 0.5) is 11.5 Å². The van der Waals surface area contributed by atoms with Crippen LogP contribution in [0.5, 0.6) is 11.6 Å². The molecule has 0 radical (unpaired) electrons. The number of pyridine rings is 1. The molecule has 3 aromatic rings. The highest BCUT2D eigenvalue weighted by atomic mass is 16.5. The highest BCUT2D eigenvalue weighted by Crippen LogP contribution is 2.33. The van der Waals surface area contributed by atoms with Crippen molar-refractivity contribution in [3.63, 3.8) is 0 Å². The van der Waals surface area contributed by atoms with Crippen LogP contribution in [-0.2, 0) is 4.74 Å². The second kappa shape index (κ2) is 8.14. The summed E-state index contributed by atoms with van der Waals surface area (Å²) in [5, 5.41) is 3.28. The summed E-state index contributed by atoms with van der Waals surface area (Å²) in [6.45, 7) is 3.53. The highest BCUT2D eigenvalue weighted by Gasteiger charge is 2.22. The Labute approximate surface area is 158 Å². The van der Waals surface area contributed by atoms with E-state index in [9.17, 15) is 0 Å². The Morgan fingerprint density at radius 2 is 1.74 bits per heavy atom. The summed E-state index contributed by atoms with van der Waals surface area (Å²) < 4.78 is 11.5. The van der Waals surface area contributed by atoms with Crippen molar-refractivity contribution in [3.05, 3.63) is 66.2 Å². The van der Waals surface area contributed by atoms with E-state index in [0.717, 1.165) is 54.6 Å². The van der Waals surface area contributed by atoms with Crippen molar-refractivity contribution in [2.45, 2.75) is 25.7 Å². The average Bonchev–Trinajstić information content (AvgIpc) is 2.72. The average molecular weight is 362 g/mol. The van der Waals surface area contributed by atoms with Gasteiger partial charge < -0.3 is 14.8 Å². The molecule has 2 aromatic heterocycles. The molecule has 0 saturated carbocycles. The molecule has 1 aliphatic heterocycles. The van der Waals surface area contributed by atoms with Crippen molar-refractivity contribution >= 4 is 11.5 Å². The van der Waals surface area contributed by atoms with Crippen molar-refractivity contribution in [2.75, 3.05) is 18.5 Å². The summed E-state index contributed by atoms with van der Waals surface area (Å²) in [6.07, 6.45) is 7.12. The van der Waals surface area contributed by atoms with Crippen molar-refractivity contribution in [1.82, 2.24) is 15.0 Å². The summed E-state index contributed by atoms with van der Waals surface area (Å²) in [5.41, 5.74) is 2.99. The van der Waals surface area contributed by atoms with Gasteiger partial charge in [0.2, 0.25) is 5.88 Å². The van der Waals surface area contributed by atoms with E-state index in [0.29, 0.717) is 11.8 Å². The maximum absolute atomic E-state index is 6.03. The number of nitrogens with one attached hydrogen (secondary N) is 1. The molecule has 1 saturated heterocycles. The Bertz CT molecular complexity index is 875. The normalized spacial score (nSPS) is 14.7. The zero-order valence-electron chi connectivity index (χ0n) is 15.3. The number of nitrogens with zero attached hydrogens (tertiary/aromatic N) is 3. The summed E-state index contributed by atoms with van der Waals surface area (Å²) in [6, 6.07) is 11.7. The van der Waals surface area contributed by atoms with Gasteiger partial charge in [-0.3, -0.25) is 4.98 Å². The molecule has 138 valence electrons. The summed E-state index contributed by atoms with van der Waals surface area (Å²) in [4.78, 5) is 13.3. The zero-order valence-corrected chi connectivity index (χ0v) is 15.3. The molecular weight excluding hydrogens is 340 g/mol. The van der Waals surface area contributed by atoms with Crippen LogP contribution in [0, 0.1) is 6.92 Å². The summed E-state index contributed by atoms with van der Waals surface area (Å²) in [5.74, 6) is 2.44. The minimum Gasteiger partial charge on any atom is -0.437 e. The van der Waals surface area contributed by atoms with E-state index in [-0.39, 0.29) is 0 Å². The van der Waals surface area contributed by atoms with Crippen molar-refractivity contribution in [1.29, 1.82) is 0 Å². The van der Waals surface area contributed by atoms with Gasteiger partial charge in [0.15, 0.2) is 0 Å². The van der Waals surface area contributed by atoms with Crippen LogP contribution in [0.15, 0.2) is 55.0 Å². The lowest BCUT2D eigenvalue weighted by Crippen LogP contribution is -2.16. The molecular formula is C21H22N4O2. The van der Waals surface area contributed by atoms with Crippen molar-refractivity contribution < 1.29 is 9.47 Å². The quantitative estimate of drug-likeness (QED) is 0.715. The van der Waals surface area contributed by atoms with Gasteiger partial charge in [0.05, 0.1) is 0 Å². The van der Waals surface area contributed by atoms with Gasteiger partial charge in [-0.15, -0.1) is 0 Å². The van der Waals surface area contributed by atoms with Crippen LogP contribution in [0.1, 0.15) is 30.0 Å². The van der Waals surface area contributed by atoms with Gasteiger partial charge in [0.1, 0.15) is 17.3 Å². The van der Waals surface area contributed by atoms with Crippen molar-refractivity contribution in [2.24, 2.45) is 0 Å². The molecule has 3 heterocycles. The molecule has 6 nitrogen and oxygen atoms in total. The van der Waals surface area contributed by atoms with E-state index in [1.165, 1.54) is 0 Å². The standard InChI is InChI=1S/C21H22N4O2/c1-15-2-7-19(24-14-15)25-17-3-5-18(6-4-17)27-21-20(22-10-11-23-21)16-8-12-26-13-9-16/h2-7,10-11,14,16H,8-9,12-13H2,1H3,(H,24,25). The van der Waals surface area contributed by atoms with Crippen LogP contribution < -0.4 is 10.1 Å². The van der Waals surface area contributed by atoms with Gasteiger partial charge in [-0.25, -0.2) is 9.97 Å². The first-order valence-corrected chi connectivity index (χ1v) is 9.14. The number of aromatic nitrogens is 3. The molecule has 0 spiro atoms. The number of hydrogen-bond donors (Lipinski definition) is 1. The van der Waals surface area contributed by atoms with Gasteiger partial charge in [0.25, 0.3) is 0 Å². The summed E-state index contributed by atoms with van der Waals surface area (Å²) in [7, 11) is 0. The SMILES string of the molecule is Cc1ccc(Nc2ccc(Oc3nccnc3C3CCOCC3)cc2)nc1. The first kappa shape index (κ1) is 17.4. The van der Waals surface area contributed by atoms with E-state index in [4.69, 9.17) is 9.47 Å². The molecule has 1 N–H and O–H groups in total. The third-order valence-electron chi connectivity index (χ3n) is 4.55. The fourth-order valence-corrected chi connectivity index (χ4v) is 3.07. The van der Waals surface area contributed by atoms with Gasteiger partial charge in [-0.2, -0.15) is 0 Å². The Morgan fingerprint density at radius 3 is 2.48 bits per heavy atom. The van der Waals surface area contributed by atoms with Crippen LogP contribution in [0.2, 0.25) is 0 Å². The number of aryl methyl sites for hydroxylation is 1. The first-order valence-electron chi connectivity index (χ1n) is 9.14.